The Morgan fingerprint density at radius 1 is 0.947 bits per heavy atom. The van der Waals surface area contributed by atoms with Crippen molar-refractivity contribution in [1.29, 1.82) is 0 Å². The molecule has 0 saturated carbocycles. The van der Waals surface area contributed by atoms with Gasteiger partial charge in [0, 0.05) is 6.54 Å². The Bertz CT molecular complexity index is 587. The molecule has 3 nitrogen and oxygen atoms in total. The Hall–Kier alpha value is -1.16. The Balaban J connectivity index is 2.25. The van der Waals surface area contributed by atoms with Gasteiger partial charge in [0.05, 0.1) is 44.5 Å². The molecule has 0 aliphatic carbocycles. The van der Waals surface area contributed by atoms with E-state index in [0.29, 0.717) is 20.8 Å². The van der Waals surface area contributed by atoms with Gasteiger partial charge in [0.15, 0.2) is 0 Å². The number of benzene rings is 1. The van der Waals surface area contributed by atoms with Gasteiger partial charge in [0.25, 0.3) is 0 Å². The van der Waals surface area contributed by atoms with Crippen LogP contribution >= 0.6 is 34.8 Å². The van der Waals surface area contributed by atoms with Crippen molar-refractivity contribution in [1.82, 2.24) is 4.98 Å². The molecule has 0 aliphatic heterocycles. The van der Waals surface area contributed by atoms with Gasteiger partial charge in [-0.25, -0.2) is 0 Å². The highest BCUT2D eigenvalue weighted by Crippen LogP contribution is 2.34. The molecule has 19 heavy (non-hydrogen) atoms. The lowest BCUT2D eigenvalue weighted by atomic mass is 10.3. The molecule has 0 saturated heterocycles. The minimum absolute atomic E-state index is 0.428. The summed E-state index contributed by atoms with van der Waals surface area (Å²) in [4.78, 5) is 4.14. The van der Waals surface area contributed by atoms with E-state index in [9.17, 15) is 0 Å². The lowest BCUT2D eigenvalue weighted by Crippen LogP contribution is -1.99. The normalized spacial score (nSPS) is 10.3. The number of hydrogen-bond donors (Lipinski definition) is 2. The third-order valence-corrected chi connectivity index (χ3v) is 3.44. The zero-order chi connectivity index (χ0) is 13.8. The monoisotopic (exact) mass is 315 g/mol. The fourth-order valence-corrected chi connectivity index (χ4v) is 2.18. The maximum Gasteiger partial charge on any atom is 0.0656 e. The first-order chi connectivity index (χ1) is 9.10. The predicted octanol–water partition coefficient (Wildman–Crippen LogP) is 5.22. The zero-order valence-corrected chi connectivity index (χ0v) is 12.4. The molecule has 0 spiro atoms. The van der Waals surface area contributed by atoms with E-state index in [1.807, 2.05) is 13.0 Å². The highest BCUT2D eigenvalue weighted by Gasteiger charge is 2.06. The van der Waals surface area contributed by atoms with Gasteiger partial charge in [-0.15, -0.1) is 0 Å². The smallest absolute Gasteiger partial charge is 0.0656 e. The van der Waals surface area contributed by atoms with Gasteiger partial charge >= 0.3 is 0 Å². The number of halogens is 3. The number of hydrogen-bond acceptors (Lipinski definition) is 3. The molecule has 0 aliphatic rings. The van der Waals surface area contributed by atoms with Crippen molar-refractivity contribution >= 4 is 51.9 Å². The first kappa shape index (κ1) is 14.3. The van der Waals surface area contributed by atoms with Gasteiger partial charge in [-0.2, -0.15) is 0 Å². The SMILES string of the molecule is CCNc1cncc(Nc2cc(Cl)c(Cl)cc2Cl)c1. The average molecular weight is 317 g/mol. The lowest BCUT2D eigenvalue weighted by Gasteiger charge is -2.11. The first-order valence-electron chi connectivity index (χ1n) is 5.70. The number of nitrogens with one attached hydrogen (secondary N) is 2. The van der Waals surface area contributed by atoms with Crippen LogP contribution in [0.4, 0.5) is 17.1 Å². The highest BCUT2D eigenvalue weighted by molar-refractivity contribution is 6.44. The third-order valence-electron chi connectivity index (χ3n) is 2.41. The van der Waals surface area contributed by atoms with Gasteiger partial charge in [-0.3, -0.25) is 4.98 Å². The van der Waals surface area contributed by atoms with E-state index in [4.69, 9.17) is 34.8 Å². The molecule has 0 fully saturated rings. The molecule has 1 aromatic heterocycles. The van der Waals surface area contributed by atoms with Crippen molar-refractivity contribution in [2.24, 2.45) is 0 Å². The Kier molecular flexibility index (Phi) is 4.75. The van der Waals surface area contributed by atoms with Gasteiger partial charge in [-0.1, -0.05) is 34.8 Å². The molecule has 0 bridgehead atoms. The highest BCUT2D eigenvalue weighted by atomic mass is 35.5. The van der Waals surface area contributed by atoms with E-state index in [1.54, 1.807) is 24.5 Å². The van der Waals surface area contributed by atoms with Gasteiger partial charge in [0.1, 0.15) is 0 Å². The summed E-state index contributed by atoms with van der Waals surface area (Å²) in [6.45, 7) is 2.86. The average Bonchev–Trinajstić information content (AvgIpc) is 2.37. The summed E-state index contributed by atoms with van der Waals surface area (Å²) in [7, 11) is 0. The van der Waals surface area contributed by atoms with Crippen LogP contribution in [0.25, 0.3) is 0 Å². The van der Waals surface area contributed by atoms with Crippen LogP contribution in [0.2, 0.25) is 15.1 Å². The summed E-state index contributed by atoms with van der Waals surface area (Å²) in [6, 6.07) is 5.23. The van der Waals surface area contributed by atoms with Gasteiger partial charge in [-0.05, 0) is 25.1 Å². The van der Waals surface area contributed by atoms with Crippen molar-refractivity contribution in [3.05, 3.63) is 45.7 Å². The molecule has 2 aromatic rings. The van der Waals surface area contributed by atoms with Gasteiger partial charge < -0.3 is 10.6 Å². The van der Waals surface area contributed by atoms with Crippen LogP contribution in [0, 0.1) is 0 Å². The zero-order valence-electron chi connectivity index (χ0n) is 10.2. The van der Waals surface area contributed by atoms with Crippen LogP contribution in [0.3, 0.4) is 0 Å². The fraction of sp³-hybridized carbons (Fsp3) is 0.154. The summed E-state index contributed by atoms with van der Waals surface area (Å²) in [6.07, 6.45) is 3.46. The van der Waals surface area contributed by atoms with Crippen molar-refractivity contribution in [2.45, 2.75) is 6.92 Å². The van der Waals surface area contributed by atoms with Crippen LogP contribution in [0.5, 0.6) is 0 Å². The summed E-state index contributed by atoms with van der Waals surface area (Å²) in [5.74, 6) is 0. The molecule has 0 radical (unpaired) electrons. The number of pyridine rings is 1. The summed E-state index contributed by atoms with van der Waals surface area (Å²) >= 11 is 18.0. The maximum absolute atomic E-state index is 6.11. The second-order valence-corrected chi connectivity index (χ2v) is 5.09. The van der Waals surface area contributed by atoms with E-state index in [0.717, 1.165) is 17.9 Å². The van der Waals surface area contributed by atoms with Crippen LogP contribution in [0.15, 0.2) is 30.6 Å². The molecule has 100 valence electrons. The summed E-state index contributed by atoms with van der Waals surface area (Å²) in [5, 5.41) is 7.73. The number of nitrogens with zero attached hydrogens (tertiary/aromatic N) is 1. The standard InChI is InChI=1S/C13H12Cl3N3/c1-2-18-8-3-9(7-17-6-8)19-13-5-11(15)10(14)4-12(13)16/h3-7,18-19H,2H2,1H3. The molecule has 2 rings (SSSR count). The predicted molar refractivity (Wildman–Crippen MR) is 83.2 cm³/mol. The Morgan fingerprint density at radius 2 is 1.63 bits per heavy atom. The van der Waals surface area contributed by atoms with Crippen LogP contribution < -0.4 is 10.6 Å². The van der Waals surface area contributed by atoms with Gasteiger partial charge in [0.2, 0.25) is 0 Å². The van der Waals surface area contributed by atoms with Crippen molar-refractivity contribution in [2.75, 3.05) is 17.2 Å². The second kappa shape index (κ2) is 6.33. The summed E-state index contributed by atoms with van der Waals surface area (Å²) in [5.41, 5.74) is 2.44. The topological polar surface area (TPSA) is 37.0 Å². The summed E-state index contributed by atoms with van der Waals surface area (Å²) < 4.78 is 0. The first-order valence-corrected chi connectivity index (χ1v) is 6.84. The molecular weight excluding hydrogens is 305 g/mol. The lowest BCUT2D eigenvalue weighted by molar-refractivity contribution is 1.19. The van der Waals surface area contributed by atoms with Crippen LogP contribution in [-0.2, 0) is 0 Å². The van der Waals surface area contributed by atoms with Crippen LogP contribution in [-0.4, -0.2) is 11.5 Å². The van der Waals surface area contributed by atoms with E-state index in [2.05, 4.69) is 15.6 Å². The van der Waals surface area contributed by atoms with E-state index in [-0.39, 0.29) is 0 Å². The quantitative estimate of drug-likeness (QED) is 0.760. The van der Waals surface area contributed by atoms with Crippen LogP contribution in [0.1, 0.15) is 6.92 Å². The van der Waals surface area contributed by atoms with E-state index < -0.39 is 0 Å². The Morgan fingerprint density at radius 3 is 2.37 bits per heavy atom. The molecule has 2 N–H and O–H groups in total. The third kappa shape index (κ3) is 3.66. The van der Waals surface area contributed by atoms with Crippen molar-refractivity contribution in [3.63, 3.8) is 0 Å². The number of rotatable bonds is 4. The molecule has 1 heterocycles. The number of aromatic nitrogens is 1. The van der Waals surface area contributed by atoms with Crippen molar-refractivity contribution < 1.29 is 0 Å². The molecule has 0 amide bonds. The minimum Gasteiger partial charge on any atom is -0.384 e. The van der Waals surface area contributed by atoms with E-state index >= 15 is 0 Å². The minimum atomic E-state index is 0.428. The van der Waals surface area contributed by atoms with E-state index in [1.165, 1.54) is 0 Å². The number of anilines is 3. The molecule has 0 atom stereocenters. The largest absolute Gasteiger partial charge is 0.384 e. The molecular formula is C13H12Cl3N3. The molecule has 1 aromatic carbocycles. The fourth-order valence-electron chi connectivity index (χ4n) is 1.58. The molecule has 6 heteroatoms. The second-order valence-electron chi connectivity index (χ2n) is 3.86. The maximum atomic E-state index is 6.11. The molecule has 0 unspecified atom stereocenters. The Labute approximate surface area is 126 Å². The van der Waals surface area contributed by atoms with Crippen molar-refractivity contribution in [3.8, 4) is 0 Å².